The van der Waals surface area contributed by atoms with Gasteiger partial charge in [0.05, 0.1) is 24.5 Å². The minimum Gasteiger partial charge on any atom is -0.496 e. The van der Waals surface area contributed by atoms with Crippen molar-refractivity contribution in [3.63, 3.8) is 0 Å². The number of methoxy groups -OCH3 is 1. The highest BCUT2D eigenvalue weighted by atomic mass is 16.5. The molecular formula is C22H24N4O2. The molecule has 144 valence electrons. The van der Waals surface area contributed by atoms with E-state index in [1.165, 1.54) is 0 Å². The Morgan fingerprint density at radius 3 is 2.64 bits per heavy atom. The van der Waals surface area contributed by atoms with E-state index in [0.29, 0.717) is 11.6 Å². The Labute approximate surface area is 164 Å². The summed E-state index contributed by atoms with van der Waals surface area (Å²) in [4.78, 5) is 13.0. The van der Waals surface area contributed by atoms with Crippen LogP contribution in [0.2, 0.25) is 0 Å². The van der Waals surface area contributed by atoms with Gasteiger partial charge in [0, 0.05) is 11.5 Å². The summed E-state index contributed by atoms with van der Waals surface area (Å²) in [5, 5.41) is 11.6. The van der Waals surface area contributed by atoms with E-state index in [2.05, 4.69) is 15.6 Å². The Kier molecular flexibility index (Phi) is 4.86. The minimum absolute atomic E-state index is 0.208. The molecule has 1 aliphatic carbocycles. The molecule has 1 N–H and O–H groups in total. The number of amides is 1. The summed E-state index contributed by atoms with van der Waals surface area (Å²) in [6, 6.07) is 15.6. The van der Waals surface area contributed by atoms with E-state index >= 15 is 0 Å². The maximum absolute atomic E-state index is 13.0. The van der Waals surface area contributed by atoms with Crippen molar-refractivity contribution in [2.24, 2.45) is 0 Å². The number of nitrogens with one attached hydrogen (secondary N) is 1. The number of ether oxygens (including phenoxy) is 1. The largest absolute Gasteiger partial charge is 0.496 e. The van der Waals surface area contributed by atoms with Gasteiger partial charge < -0.3 is 10.1 Å². The van der Waals surface area contributed by atoms with Crippen molar-refractivity contribution in [2.75, 3.05) is 7.11 Å². The lowest BCUT2D eigenvalue weighted by molar-refractivity contribution is 0.0933. The molecule has 0 radical (unpaired) electrons. The molecule has 2 aromatic carbocycles. The van der Waals surface area contributed by atoms with E-state index in [4.69, 9.17) is 4.74 Å². The third-order valence-electron chi connectivity index (χ3n) is 5.08. The molecule has 1 unspecified atom stereocenters. The topological polar surface area (TPSA) is 69.0 Å². The van der Waals surface area contributed by atoms with Crippen LogP contribution < -0.4 is 10.1 Å². The van der Waals surface area contributed by atoms with Gasteiger partial charge in [0.15, 0.2) is 5.69 Å². The zero-order valence-electron chi connectivity index (χ0n) is 16.3. The normalized spacial score (nSPS) is 14.5. The molecule has 6 heteroatoms. The maximum Gasteiger partial charge on any atom is 0.274 e. The highest BCUT2D eigenvalue weighted by Gasteiger charge is 2.34. The lowest BCUT2D eigenvalue weighted by Gasteiger charge is -2.18. The molecule has 3 aromatic rings. The predicted molar refractivity (Wildman–Crippen MR) is 107 cm³/mol. The molecule has 6 nitrogen and oxygen atoms in total. The smallest absolute Gasteiger partial charge is 0.274 e. The number of aromatic nitrogens is 3. The first-order valence-electron chi connectivity index (χ1n) is 9.55. The Hall–Kier alpha value is -3.15. The Morgan fingerprint density at radius 1 is 1.21 bits per heavy atom. The van der Waals surface area contributed by atoms with Gasteiger partial charge in [0.1, 0.15) is 5.75 Å². The van der Waals surface area contributed by atoms with Crippen LogP contribution in [0.15, 0.2) is 48.5 Å². The zero-order valence-corrected chi connectivity index (χ0v) is 16.3. The van der Waals surface area contributed by atoms with E-state index in [1.54, 1.807) is 11.8 Å². The number of para-hydroxylation sites is 1. The molecule has 28 heavy (non-hydrogen) atoms. The first-order chi connectivity index (χ1) is 13.6. The Morgan fingerprint density at radius 2 is 1.96 bits per heavy atom. The number of benzene rings is 2. The summed E-state index contributed by atoms with van der Waals surface area (Å²) in [6.07, 6.45) is 2.11. The first-order valence-corrected chi connectivity index (χ1v) is 9.55. The molecule has 1 fully saturated rings. The van der Waals surface area contributed by atoms with Crippen molar-refractivity contribution in [2.45, 2.75) is 38.6 Å². The summed E-state index contributed by atoms with van der Waals surface area (Å²) in [5.74, 6) is 0.883. The van der Waals surface area contributed by atoms with Crippen LogP contribution in [-0.2, 0) is 0 Å². The lowest BCUT2D eigenvalue weighted by atomic mass is 10.0. The molecule has 1 heterocycles. The Bertz CT molecular complexity index is 993. The fraction of sp³-hybridized carbons (Fsp3) is 0.318. The molecule has 0 aliphatic heterocycles. The van der Waals surface area contributed by atoms with E-state index in [-0.39, 0.29) is 11.9 Å². The average Bonchev–Trinajstić information content (AvgIpc) is 3.46. The van der Waals surface area contributed by atoms with Crippen LogP contribution >= 0.6 is 0 Å². The van der Waals surface area contributed by atoms with Crippen molar-refractivity contribution >= 4 is 5.91 Å². The van der Waals surface area contributed by atoms with Gasteiger partial charge in [0.2, 0.25) is 0 Å². The molecular weight excluding hydrogens is 352 g/mol. The fourth-order valence-electron chi connectivity index (χ4n) is 3.47. The van der Waals surface area contributed by atoms with Gasteiger partial charge >= 0.3 is 0 Å². The van der Waals surface area contributed by atoms with Gasteiger partial charge in [0.25, 0.3) is 5.91 Å². The Balaban J connectivity index is 1.62. The number of carbonyl (C=O) groups is 1. The number of nitrogens with zero attached hydrogens (tertiary/aromatic N) is 3. The number of hydrogen-bond acceptors (Lipinski definition) is 4. The second-order valence-corrected chi connectivity index (χ2v) is 7.29. The van der Waals surface area contributed by atoms with Crippen molar-refractivity contribution in [3.05, 3.63) is 71.0 Å². The van der Waals surface area contributed by atoms with Crippen molar-refractivity contribution in [3.8, 4) is 11.4 Å². The van der Waals surface area contributed by atoms with Crippen LogP contribution in [-0.4, -0.2) is 28.0 Å². The molecule has 0 bridgehead atoms. The zero-order chi connectivity index (χ0) is 19.7. The molecule has 0 saturated heterocycles. The molecule has 1 aromatic heterocycles. The molecule has 1 atom stereocenters. The van der Waals surface area contributed by atoms with E-state index < -0.39 is 0 Å². The lowest BCUT2D eigenvalue weighted by Crippen LogP contribution is -2.28. The summed E-state index contributed by atoms with van der Waals surface area (Å²) >= 11 is 0. The van der Waals surface area contributed by atoms with Gasteiger partial charge in [-0.25, -0.2) is 4.68 Å². The predicted octanol–water partition coefficient (Wildman–Crippen LogP) is 3.95. The quantitative estimate of drug-likeness (QED) is 0.707. The molecule has 1 amide bonds. The summed E-state index contributed by atoms with van der Waals surface area (Å²) in [6.45, 7) is 3.97. The standard InChI is InChI=1S/C22H24N4O2/c1-14-9-12-19(28-3)18(13-14)15(2)23-22(27)20-21(16-10-11-16)26(25-24-20)17-7-5-4-6-8-17/h4-9,12-13,15-16H,10-11H2,1-3H3,(H,23,27). The highest BCUT2D eigenvalue weighted by molar-refractivity contribution is 5.94. The van der Waals surface area contributed by atoms with E-state index in [1.807, 2.05) is 62.4 Å². The van der Waals surface area contributed by atoms with Crippen molar-refractivity contribution in [1.82, 2.24) is 20.3 Å². The monoisotopic (exact) mass is 376 g/mol. The van der Waals surface area contributed by atoms with Crippen LogP contribution in [0, 0.1) is 6.92 Å². The number of carbonyl (C=O) groups excluding carboxylic acids is 1. The first kappa shape index (κ1) is 18.2. The minimum atomic E-state index is -0.212. The summed E-state index contributed by atoms with van der Waals surface area (Å²) in [7, 11) is 1.64. The van der Waals surface area contributed by atoms with Gasteiger partial charge in [-0.1, -0.05) is 41.1 Å². The van der Waals surface area contributed by atoms with Gasteiger partial charge in [-0.15, -0.1) is 5.10 Å². The third-order valence-corrected chi connectivity index (χ3v) is 5.08. The highest BCUT2D eigenvalue weighted by Crippen LogP contribution is 2.42. The average molecular weight is 376 g/mol. The van der Waals surface area contributed by atoms with E-state index in [9.17, 15) is 4.79 Å². The summed E-state index contributed by atoms with van der Waals surface area (Å²) in [5.41, 5.74) is 4.28. The third kappa shape index (κ3) is 3.50. The van der Waals surface area contributed by atoms with Crippen LogP contribution in [0.5, 0.6) is 5.75 Å². The van der Waals surface area contributed by atoms with Crippen LogP contribution in [0.1, 0.15) is 59.0 Å². The second-order valence-electron chi connectivity index (χ2n) is 7.29. The van der Waals surface area contributed by atoms with E-state index in [0.717, 1.165) is 41.1 Å². The number of hydrogen-bond donors (Lipinski definition) is 1. The second kappa shape index (κ2) is 7.46. The van der Waals surface area contributed by atoms with Crippen LogP contribution in [0.4, 0.5) is 0 Å². The van der Waals surface area contributed by atoms with Crippen LogP contribution in [0.3, 0.4) is 0 Å². The molecule has 1 aliphatic rings. The van der Waals surface area contributed by atoms with Gasteiger partial charge in [-0.2, -0.15) is 0 Å². The SMILES string of the molecule is COc1ccc(C)cc1C(C)NC(=O)c1nnn(-c2ccccc2)c1C1CC1. The number of aryl methyl sites for hydroxylation is 1. The molecule has 4 rings (SSSR count). The van der Waals surface area contributed by atoms with Gasteiger partial charge in [-0.05, 0) is 44.9 Å². The van der Waals surface area contributed by atoms with Crippen LogP contribution in [0.25, 0.3) is 5.69 Å². The summed E-state index contributed by atoms with van der Waals surface area (Å²) < 4.78 is 7.26. The maximum atomic E-state index is 13.0. The fourth-order valence-corrected chi connectivity index (χ4v) is 3.47. The van der Waals surface area contributed by atoms with Gasteiger partial charge in [-0.3, -0.25) is 4.79 Å². The molecule has 1 saturated carbocycles. The van der Waals surface area contributed by atoms with Crippen molar-refractivity contribution in [1.29, 1.82) is 0 Å². The van der Waals surface area contributed by atoms with Crippen molar-refractivity contribution < 1.29 is 9.53 Å². The number of rotatable bonds is 6. The molecule has 0 spiro atoms.